The summed E-state index contributed by atoms with van der Waals surface area (Å²) in [6, 6.07) is 17.5. The number of aliphatic imine (C=N–C) groups is 1. The van der Waals surface area contributed by atoms with Crippen molar-refractivity contribution in [2.24, 2.45) is 4.99 Å². The molecule has 1 aliphatic rings. The van der Waals surface area contributed by atoms with E-state index in [0.29, 0.717) is 45.3 Å². The van der Waals surface area contributed by atoms with E-state index < -0.39 is 17.3 Å². The predicted octanol–water partition coefficient (Wildman–Crippen LogP) is 7.12. The number of hydrogen-bond acceptors (Lipinski definition) is 3. The van der Waals surface area contributed by atoms with Crippen molar-refractivity contribution in [2.75, 3.05) is 6.61 Å². The summed E-state index contributed by atoms with van der Waals surface area (Å²) in [5, 5.41) is 10.2. The van der Waals surface area contributed by atoms with Gasteiger partial charge in [-0.2, -0.15) is 18.4 Å². The topological polar surface area (TPSA) is 45.4 Å². The lowest BCUT2D eigenvalue weighted by atomic mass is 9.89. The zero-order valence-electron chi connectivity index (χ0n) is 17.3. The van der Waals surface area contributed by atoms with Crippen LogP contribution in [0.25, 0.3) is 22.3 Å². The molecule has 0 aromatic heterocycles. The molecule has 1 heterocycles. The Bertz CT molecular complexity index is 1240. The summed E-state index contributed by atoms with van der Waals surface area (Å²) in [5.41, 5.74) is 2.36. The zero-order chi connectivity index (χ0) is 23.1. The van der Waals surface area contributed by atoms with Crippen LogP contribution < -0.4 is 0 Å². The molecule has 0 atom stereocenters. The zero-order valence-corrected chi connectivity index (χ0v) is 18.1. The number of hydrogen-bond donors (Lipinski definition) is 0. The van der Waals surface area contributed by atoms with E-state index in [1.54, 1.807) is 24.3 Å². The van der Waals surface area contributed by atoms with Crippen molar-refractivity contribution in [3.8, 4) is 28.3 Å². The number of nitrogens with zero attached hydrogens (tertiary/aromatic N) is 2. The van der Waals surface area contributed by atoms with Gasteiger partial charge >= 0.3 is 6.18 Å². The van der Waals surface area contributed by atoms with Crippen molar-refractivity contribution < 1.29 is 17.9 Å². The average molecular weight is 455 g/mol. The minimum Gasteiger partial charge on any atom is -0.475 e. The largest absolute Gasteiger partial charge is 0.475 e. The summed E-state index contributed by atoms with van der Waals surface area (Å²) in [6.45, 7) is 4.24. The molecular weight excluding hydrogens is 437 g/mol. The fraction of sp³-hybridized carbons (Fsp3) is 0.200. The molecule has 3 aromatic rings. The second-order valence-electron chi connectivity index (χ2n) is 8.16. The summed E-state index contributed by atoms with van der Waals surface area (Å²) >= 11 is 6.05. The van der Waals surface area contributed by atoms with Crippen LogP contribution in [0.4, 0.5) is 13.2 Å². The molecule has 0 saturated carbocycles. The van der Waals surface area contributed by atoms with Crippen LogP contribution in [0.1, 0.15) is 30.5 Å². The molecule has 1 aliphatic heterocycles. The molecule has 0 amide bonds. The molecule has 4 rings (SSSR count). The lowest BCUT2D eigenvalue weighted by Crippen LogP contribution is -2.17. The first-order valence-corrected chi connectivity index (χ1v) is 10.2. The normalized spacial score (nSPS) is 15.1. The van der Waals surface area contributed by atoms with E-state index in [-0.39, 0.29) is 0 Å². The molecule has 0 radical (unpaired) electrons. The number of halogens is 4. The summed E-state index contributed by atoms with van der Waals surface area (Å²) in [4.78, 5) is 4.70. The van der Waals surface area contributed by atoms with Crippen molar-refractivity contribution in [1.82, 2.24) is 0 Å². The third-order valence-corrected chi connectivity index (χ3v) is 5.38. The van der Waals surface area contributed by atoms with Gasteiger partial charge in [0.25, 0.3) is 0 Å². The van der Waals surface area contributed by atoms with Gasteiger partial charge in [-0.25, -0.2) is 4.99 Å². The van der Waals surface area contributed by atoms with Crippen molar-refractivity contribution in [2.45, 2.75) is 25.6 Å². The molecule has 7 heteroatoms. The minimum absolute atomic E-state index is 0.367. The third-order valence-electron chi connectivity index (χ3n) is 5.13. The Hall–Kier alpha value is -3.30. The van der Waals surface area contributed by atoms with Crippen molar-refractivity contribution in [3.63, 3.8) is 0 Å². The van der Waals surface area contributed by atoms with E-state index in [2.05, 4.69) is 6.07 Å². The summed E-state index contributed by atoms with van der Waals surface area (Å²) in [6.07, 6.45) is -4.44. The molecular formula is C25H18ClF3N2O. The molecule has 0 fully saturated rings. The van der Waals surface area contributed by atoms with Gasteiger partial charge in [0.05, 0.1) is 28.3 Å². The Kier molecular flexibility index (Phi) is 5.47. The average Bonchev–Trinajstić information content (AvgIpc) is 3.12. The molecule has 32 heavy (non-hydrogen) atoms. The van der Waals surface area contributed by atoms with Gasteiger partial charge in [-0.3, -0.25) is 0 Å². The maximum Gasteiger partial charge on any atom is 0.416 e. The highest BCUT2D eigenvalue weighted by atomic mass is 35.5. The van der Waals surface area contributed by atoms with Gasteiger partial charge in [0.15, 0.2) is 0 Å². The molecule has 0 spiro atoms. The highest BCUT2D eigenvalue weighted by Gasteiger charge is 2.32. The van der Waals surface area contributed by atoms with Crippen LogP contribution in [0, 0.1) is 11.3 Å². The Morgan fingerprint density at radius 3 is 1.94 bits per heavy atom. The SMILES string of the molecule is CC1(C)COC(c2c(-c3ccc(Cl)cc3)cc(C#N)cc2-c2ccc(C(F)(F)F)cc2)=N1. The summed E-state index contributed by atoms with van der Waals surface area (Å²) in [7, 11) is 0. The van der Waals surface area contributed by atoms with Crippen LogP contribution in [-0.2, 0) is 10.9 Å². The van der Waals surface area contributed by atoms with Crippen LogP contribution in [0.15, 0.2) is 65.7 Å². The van der Waals surface area contributed by atoms with E-state index in [4.69, 9.17) is 21.3 Å². The number of ether oxygens (including phenoxy) is 1. The highest BCUT2D eigenvalue weighted by molar-refractivity contribution is 6.30. The molecule has 0 N–H and O–H groups in total. The van der Waals surface area contributed by atoms with Crippen molar-refractivity contribution >= 4 is 17.5 Å². The lowest BCUT2D eigenvalue weighted by molar-refractivity contribution is -0.137. The fourth-order valence-corrected chi connectivity index (χ4v) is 3.70. The van der Waals surface area contributed by atoms with Crippen molar-refractivity contribution in [3.05, 3.63) is 82.4 Å². The second-order valence-corrected chi connectivity index (χ2v) is 8.59. The quantitative estimate of drug-likeness (QED) is 0.423. The monoisotopic (exact) mass is 454 g/mol. The van der Waals surface area contributed by atoms with Crippen molar-refractivity contribution in [1.29, 1.82) is 5.26 Å². The summed E-state index contributed by atoms with van der Waals surface area (Å²) < 4.78 is 45.1. The molecule has 0 saturated heterocycles. The number of nitriles is 1. The van der Waals surface area contributed by atoms with Gasteiger partial charge in [-0.05, 0) is 72.5 Å². The smallest absolute Gasteiger partial charge is 0.416 e. The molecule has 3 nitrogen and oxygen atoms in total. The minimum atomic E-state index is -4.44. The summed E-state index contributed by atoms with van der Waals surface area (Å²) in [5.74, 6) is 0.388. The molecule has 3 aromatic carbocycles. The predicted molar refractivity (Wildman–Crippen MR) is 119 cm³/mol. The first-order valence-electron chi connectivity index (χ1n) is 9.82. The standard InChI is InChI=1S/C25H18ClF3N2O/c1-24(2)14-32-23(31-24)22-20(16-3-7-18(8-4-16)25(27,28)29)11-15(13-30)12-21(22)17-5-9-19(26)10-6-17/h3-12H,14H2,1-2H3. The molecule has 0 unspecified atom stereocenters. The third kappa shape index (κ3) is 4.35. The van der Waals surface area contributed by atoms with E-state index >= 15 is 0 Å². The lowest BCUT2D eigenvalue weighted by Gasteiger charge is -2.17. The molecule has 162 valence electrons. The van der Waals surface area contributed by atoms with E-state index in [1.807, 2.05) is 26.0 Å². The van der Waals surface area contributed by atoms with E-state index in [0.717, 1.165) is 17.7 Å². The maximum atomic E-state index is 13.1. The van der Waals surface area contributed by atoms with Gasteiger partial charge in [0.1, 0.15) is 6.61 Å². The van der Waals surface area contributed by atoms with Gasteiger partial charge in [0, 0.05) is 5.02 Å². The number of benzene rings is 3. The second kappa shape index (κ2) is 7.99. The first kappa shape index (κ1) is 21.9. The Labute approximate surface area is 188 Å². The fourth-order valence-electron chi connectivity index (χ4n) is 3.57. The van der Waals surface area contributed by atoms with E-state index in [9.17, 15) is 18.4 Å². The Morgan fingerprint density at radius 2 is 1.50 bits per heavy atom. The maximum absolute atomic E-state index is 13.1. The van der Waals surface area contributed by atoms with Crippen LogP contribution in [-0.4, -0.2) is 18.0 Å². The Balaban J connectivity index is 1.99. The molecule has 0 bridgehead atoms. The van der Waals surface area contributed by atoms with Crippen LogP contribution in [0.2, 0.25) is 5.02 Å². The van der Waals surface area contributed by atoms with Crippen LogP contribution >= 0.6 is 11.6 Å². The molecule has 0 aliphatic carbocycles. The number of rotatable bonds is 3. The first-order chi connectivity index (χ1) is 15.1. The van der Waals surface area contributed by atoms with E-state index in [1.165, 1.54) is 12.1 Å². The Morgan fingerprint density at radius 1 is 0.969 bits per heavy atom. The highest BCUT2D eigenvalue weighted by Crippen LogP contribution is 2.38. The van der Waals surface area contributed by atoms with Gasteiger partial charge in [-0.15, -0.1) is 0 Å². The van der Waals surface area contributed by atoms with Crippen LogP contribution in [0.3, 0.4) is 0 Å². The van der Waals surface area contributed by atoms with Gasteiger partial charge in [0.2, 0.25) is 5.90 Å². The van der Waals surface area contributed by atoms with Gasteiger partial charge in [-0.1, -0.05) is 35.9 Å². The number of alkyl halides is 3. The van der Waals surface area contributed by atoms with Crippen LogP contribution in [0.5, 0.6) is 0 Å². The van der Waals surface area contributed by atoms with Gasteiger partial charge < -0.3 is 4.74 Å².